The number of aliphatic hydroxyl groups excluding tert-OH is 1. The molecule has 0 saturated carbocycles. The maximum atomic E-state index is 12.7. The molecule has 2 aromatic carbocycles. The van der Waals surface area contributed by atoms with E-state index in [0.29, 0.717) is 39.7 Å². The number of carbonyl (C=O) groups is 1. The van der Waals surface area contributed by atoms with Crippen molar-refractivity contribution in [2.75, 3.05) is 28.4 Å². The lowest BCUT2D eigenvalue weighted by molar-refractivity contribution is 0.0750. The summed E-state index contributed by atoms with van der Waals surface area (Å²) in [6.07, 6.45) is -1.26. The SMILES string of the molecule is COc1ccc(OC)c(C2c3c(OC)ccc(OC)c3C(=O)C2O)c1. The first-order valence-electron chi connectivity index (χ1n) is 7.76. The summed E-state index contributed by atoms with van der Waals surface area (Å²) in [6, 6.07) is 8.65. The van der Waals surface area contributed by atoms with Gasteiger partial charge in [-0.1, -0.05) is 0 Å². The van der Waals surface area contributed by atoms with Gasteiger partial charge in [0.15, 0.2) is 5.78 Å². The highest BCUT2D eigenvalue weighted by Gasteiger charge is 2.45. The van der Waals surface area contributed by atoms with E-state index >= 15 is 0 Å². The maximum absolute atomic E-state index is 12.7. The average Bonchev–Trinajstić information content (AvgIpc) is 2.92. The van der Waals surface area contributed by atoms with Gasteiger partial charge in [-0.25, -0.2) is 0 Å². The number of carbonyl (C=O) groups excluding carboxylic acids is 1. The van der Waals surface area contributed by atoms with Crippen LogP contribution in [0.1, 0.15) is 27.4 Å². The Bertz CT molecular complexity index is 814. The Balaban J connectivity index is 2.29. The van der Waals surface area contributed by atoms with E-state index in [0.717, 1.165) is 0 Å². The zero-order valence-electron chi connectivity index (χ0n) is 14.5. The van der Waals surface area contributed by atoms with Gasteiger partial charge in [-0.3, -0.25) is 4.79 Å². The van der Waals surface area contributed by atoms with Gasteiger partial charge in [0.25, 0.3) is 0 Å². The van der Waals surface area contributed by atoms with E-state index in [1.807, 2.05) is 0 Å². The lowest BCUT2D eigenvalue weighted by atomic mass is 9.89. The molecule has 0 spiro atoms. The number of aliphatic hydroxyl groups is 1. The average molecular weight is 344 g/mol. The summed E-state index contributed by atoms with van der Waals surface area (Å²) >= 11 is 0. The van der Waals surface area contributed by atoms with Crippen molar-refractivity contribution in [3.8, 4) is 23.0 Å². The Morgan fingerprint density at radius 2 is 1.44 bits per heavy atom. The fourth-order valence-electron chi connectivity index (χ4n) is 3.36. The molecular weight excluding hydrogens is 324 g/mol. The molecule has 6 nitrogen and oxygen atoms in total. The van der Waals surface area contributed by atoms with E-state index in [2.05, 4.69) is 0 Å². The highest BCUT2D eigenvalue weighted by atomic mass is 16.5. The van der Waals surface area contributed by atoms with E-state index in [9.17, 15) is 9.90 Å². The molecule has 3 rings (SSSR count). The second kappa shape index (κ2) is 6.64. The monoisotopic (exact) mass is 344 g/mol. The number of benzene rings is 2. The highest BCUT2D eigenvalue weighted by molar-refractivity contribution is 6.08. The highest BCUT2D eigenvalue weighted by Crippen LogP contribution is 2.49. The van der Waals surface area contributed by atoms with E-state index in [-0.39, 0.29) is 0 Å². The minimum Gasteiger partial charge on any atom is -0.497 e. The molecule has 25 heavy (non-hydrogen) atoms. The van der Waals surface area contributed by atoms with Crippen LogP contribution >= 0.6 is 0 Å². The number of methoxy groups -OCH3 is 4. The number of hydrogen-bond acceptors (Lipinski definition) is 6. The Morgan fingerprint density at radius 3 is 2.04 bits per heavy atom. The molecule has 1 aliphatic carbocycles. The van der Waals surface area contributed by atoms with E-state index in [4.69, 9.17) is 18.9 Å². The van der Waals surface area contributed by atoms with Gasteiger partial charge in [-0.15, -0.1) is 0 Å². The molecule has 0 amide bonds. The molecule has 2 unspecified atom stereocenters. The van der Waals surface area contributed by atoms with Gasteiger partial charge in [0, 0.05) is 11.1 Å². The molecule has 1 N–H and O–H groups in total. The topological polar surface area (TPSA) is 74.2 Å². The molecule has 132 valence electrons. The normalized spacial score (nSPS) is 18.7. The number of Topliss-reactive ketones (excluding diaryl/α,β-unsaturated/α-hetero) is 1. The van der Waals surface area contributed by atoms with Crippen LogP contribution in [0.5, 0.6) is 23.0 Å². The smallest absolute Gasteiger partial charge is 0.196 e. The summed E-state index contributed by atoms with van der Waals surface area (Å²) in [4.78, 5) is 12.7. The molecule has 0 aliphatic heterocycles. The fraction of sp³-hybridized carbons (Fsp3) is 0.316. The number of ether oxygens (including phenoxy) is 4. The van der Waals surface area contributed by atoms with Gasteiger partial charge in [-0.2, -0.15) is 0 Å². The summed E-state index contributed by atoms with van der Waals surface area (Å²) in [6.45, 7) is 0. The van der Waals surface area contributed by atoms with Crippen molar-refractivity contribution in [3.05, 3.63) is 47.0 Å². The van der Waals surface area contributed by atoms with Gasteiger partial charge in [0.1, 0.15) is 29.1 Å². The predicted octanol–water partition coefficient (Wildman–Crippen LogP) is 2.41. The van der Waals surface area contributed by atoms with Gasteiger partial charge in [0.2, 0.25) is 0 Å². The van der Waals surface area contributed by atoms with Crippen molar-refractivity contribution in [1.82, 2.24) is 0 Å². The third-order valence-corrected chi connectivity index (χ3v) is 4.52. The molecule has 2 atom stereocenters. The molecule has 0 bridgehead atoms. The summed E-state index contributed by atoms with van der Waals surface area (Å²) in [7, 11) is 6.11. The maximum Gasteiger partial charge on any atom is 0.196 e. The van der Waals surface area contributed by atoms with Crippen molar-refractivity contribution in [2.45, 2.75) is 12.0 Å². The summed E-state index contributed by atoms with van der Waals surface area (Å²) in [5, 5.41) is 10.7. The molecule has 0 saturated heterocycles. The fourth-order valence-corrected chi connectivity index (χ4v) is 3.36. The molecule has 2 aromatic rings. The zero-order valence-corrected chi connectivity index (χ0v) is 14.5. The number of hydrogen-bond donors (Lipinski definition) is 1. The quantitative estimate of drug-likeness (QED) is 0.898. The van der Waals surface area contributed by atoms with Gasteiger partial charge >= 0.3 is 0 Å². The molecule has 0 heterocycles. The van der Waals surface area contributed by atoms with Gasteiger partial charge in [0.05, 0.1) is 39.9 Å². The first-order valence-corrected chi connectivity index (χ1v) is 7.76. The standard InChI is InChI=1S/C19H20O6/c1-22-10-5-6-12(23-2)11(9-10)15-16-13(24-3)7-8-14(25-4)17(16)19(21)18(15)20/h5-9,15,18,20H,1-4H3. The first-order chi connectivity index (χ1) is 12.1. The van der Waals surface area contributed by atoms with E-state index in [1.165, 1.54) is 21.3 Å². The van der Waals surface area contributed by atoms with Crippen molar-refractivity contribution >= 4 is 5.78 Å². The summed E-state index contributed by atoms with van der Waals surface area (Å²) in [5.74, 6) is 1.03. The van der Waals surface area contributed by atoms with Crippen LogP contribution in [-0.4, -0.2) is 45.4 Å². The second-order valence-electron chi connectivity index (χ2n) is 5.65. The number of rotatable bonds is 5. The minimum atomic E-state index is -1.26. The minimum absolute atomic E-state index is 0.337. The molecule has 0 radical (unpaired) electrons. The zero-order chi connectivity index (χ0) is 18.1. The molecule has 0 fully saturated rings. The Morgan fingerprint density at radius 1 is 0.840 bits per heavy atom. The third kappa shape index (κ3) is 2.59. The number of ketones is 1. The summed E-state index contributed by atoms with van der Waals surface area (Å²) in [5.41, 5.74) is 1.57. The van der Waals surface area contributed by atoms with Crippen molar-refractivity contribution in [1.29, 1.82) is 0 Å². The van der Waals surface area contributed by atoms with E-state index < -0.39 is 17.8 Å². The second-order valence-corrected chi connectivity index (χ2v) is 5.65. The van der Waals surface area contributed by atoms with Crippen LogP contribution in [0.3, 0.4) is 0 Å². The summed E-state index contributed by atoms with van der Waals surface area (Å²) < 4.78 is 21.5. The number of fused-ring (bicyclic) bond motifs is 1. The van der Waals surface area contributed by atoms with Crippen LogP contribution in [0.4, 0.5) is 0 Å². The molecule has 6 heteroatoms. The molecular formula is C19H20O6. The van der Waals surface area contributed by atoms with Crippen LogP contribution < -0.4 is 18.9 Å². The lowest BCUT2D eigenvalue weighted by Crippen LogP contribution is -2.21. The van der Waals surface area contributed by atoms with Crippen LogP contribution in [0.25, 0.3) is 0 Å². The Hall–Kier alpha value is -2.73. The van der Waals surface area contributed by atoms with Crippen LogP contribution in [0.15, 0.2) is 30.3 Å². The largest absolute Gasteiger partial charge is 0.497 e. The third-order valence-electron chi connectivity index (χ3n) is 4.52. The van der Waals surface area contributed by atoms with Crippen molar-refractivity contribution in [3.63, 3.8) is 0 Å². The molecule has 1 aliphatic rings. The molecule has 0 aromatic heterocycles. The first kappa shape index (κ1) is 17.1. The predicted molar refractivity (Wildman–Crippen MR) is 91.3 cm³/mol. The van der Waals surface area contributed by atoms with Crippen LogP contribution in [0.2, 0.25) is 0 Å². The van der Waals surface area contributed by atoms with Crippen LogP contribution in [0, 0.1) is 0 Å². The van der Waals surface area contributed by atoms with Gasteiger partial charge < -0.3 is 24.1 Å². The lowest BCUT2D eigenvalue weighted by Gasteiger charge is -2.21. The Kier molecular flexibility index (Phi) is 4.55. The van der Waals surface area contributed by atoms with E-state index in [1.54, 1.807) is 37.4 Å². The van der Waals surface area contributed by atoms with Crippen LogP contribution in [-0.2, 0) is 0 Å². The van der Waals surface area contributed by atoms with Crippen molar-refractivity contribution in [2.24, 2.45) is 0 Å². The van der Waals surface area contributed by atoms with Gasteiger partial charge in [-0.05, 0) is 30.3 Å². The van der Waals surface area contributed by atoms with Crippen molar-refractivity contribution < 1.29 is 28.8 Å². The Labute approximate surface area is 145 Å².